The highest BCUT2D eigenvalue weighted by atomic mass is 35.6. The molecule has 3 aromatic rings. The standard InChI is InChI=1S/C18H13Cl6N5/c19-17(20,21)13-3-1-12(2-4-13)14-27-15(18(22,23)24)29-16(28-14)26-10-7-11-5-8-25-9-6-11/h1-6,8-9H,7,10H2,(H,26,27,28,29). The second-order valence-corrected chi connectivity index (χ2v) is 10.5. The van der Waals surface area contributed by atoms with Gasteiger partial charge in [0.2, 0.25) is 13.5 Å². The lowest BCUT2D eigenvalue weighted by Crippen LogP contribution is -2.15. The van der Waals surface area contributed by atoms with Crippen molar-refractivity contribution in [1.29, 1.82) is 0 Å². The molecule has 0 unspecified atom stereocenters. The fourth-order valence-corrected chi connectivity index (χ4v) is 3.02. The number of nitrogens with zero attached hydrogens (tertiary/aromatic N) is 4. The Morgan fingerprint density at radius 2 is 1.41 bits per heavy atom. The first kappa shape index (κ1) is 22.6. The molecule has 1 N–H and O–H groups in total. The quantitative estimate of drug-likeness (QED) is 0.411. The van der Waals surface area contributed by atoms with E-state index < -0.39 is 7.59 Å². The van der Waals surface area contributed by atoms with Gasteiger partial charge in [0.05, 0.1) is 0 Å². The van der Waals surface area contributed by atoms with E-state index in [0.29, 0.717) is 23.5 Å². The van der Waals surface area contributed by atoms with Gasteiger partial charge in [0.15, 0.2) is 11.6 Å². The number of rotatable bonds is 5. The smallest absolute Gasteiger partial charge is 0.250 e. The zero-order chi connectivity index (χ0) is 21.1. The van der Waals surface area contributed by atoms with Crippen LogP contribution >= 0.6 is 69.6 Å². The average molecular weight is 512 g/mol. The summed E-state index contributed by atoms with van der Waals surface area (Å²) >= 11 is 35.7. The summed E-state index contributed by atoms with van der Waals surface area (Å²) in [4.78, 5) is 16.9. The average Bonchev–Trinajstić information content (AvgIpc) is 2.67. The lowest BCUT2D eigenvalue weighted by atomic mass is 10.1. The van der Waals surface area contributed by atoms with Crippen LogP contribution in [0.25, 0.3) is 11.4 Å². The minimum atomic E-state index is -1.81. The van der Waals surface area contributed by atoms with Gasteiger partial charge in [-0.2, -0.15) is 9.97 Å². The summed E-state index contributed by atoms with van der Waals surface area (Å²) in [5.74, 6) is 0.615. The SMILES string of the molecule is ClC(Cl)(Cl)c1ccc(-c2nc(NCCc3ccncc3)nc(C(Cl)(Cl)Cl)n2)cc1. The van der Waals surface area contributed by atoms with Crippen LogP contribution in [0.5, 0.6) is 0 Å². The summed E-state index contributed by atoms with van der Waals surface area (Å²) in [5, 5.41) is 3.13. The van der Waals surface area contributed by atoms with Gasteiger partial charge >= 0.3 is 0 Å². The summed E-state index contributed by atoms with van der Waals surface area (Å²) in [7, 11) is 0. The van der Waals surface area contributed by atoms with Crippen LogP contribution in [0, 0.1) is 0 Å². The molecule has 0 atom stereocenters. The first-order chi connectivity index (χ1) is 13.6. The molecule has 2 heterocycles. The van der Waals surface area contributed by atoms with Crippen LogP contribution in [0.1, 0.15) is 17.0 Å². The van der Waals surface area contributed by atoms with E-state index in [1.165, 1.54) is 0 Å². The zero-order valence-electron chi connectivity index (χ0n) is 14.6. The summed E-state index contributed by atoms with van der Waals surface area (Å²) in [6.45, 7) is 0.568. The van der Waals surface area contributed by atoms with E-state index in [1.807, 2.05) is 12.1 Å². The summed E-state index contributed by atoms with van der Waals surface area (Å²) in [6, 6.07) is 10.6. The van der Waals surface area contributed by atoms with E-state index in [-0.39, 0.29) is 11.8 Å². The largest absolute Gasteiger partial charge is 0.354 e. The molecule has 3 rings (SSSR count). The minimum Gasteiger partial charge on any atom is -0.354 e. The Kier molecular flexibility index (Phi) is 7.31. The highest BCUT2D eigenvalue weighted by molar-refractivity contribution is 6.67. The number of hydrogen-bond donors (Lipinski definition) is 1. The monoisotopic (exact) mass is 509 g/mol. The molecule has 152 valence electrons. The van der Waals surface area contributed by atoms with Crippen LogP contribution in [0.4, 0.5) is 5.95 Å². The fraction of sp³-hybridized carbons (Fsp3) is 0.222. The second-order valence-electron chi connectivity index (χ2n) is 5.91. The summed E-state index contributed by atoms with van der Waals surface area (Å²) in [6.07, 6.45) is 4.21. The van der Waals surface area contributed by atoms with Crippen LogP contribution in [0.2, 0.25) is 0 Å². The molecule has 0 aliphatic carbocycles. The molecule has 0 bridgehead atoms. The maximum atomic E-state index is 6.00. The molecule has 0 aliphatic rings. The number of hydrogen-bond acceptors (Lipinski definition) is 5. The van der Waals surface area contributed by atoms with E-state index in [1.54, 1.807) is 36.7 Å². The lowest BCUT2D eigenvalue weighted by molar-refractivity contribution is 0.903. The van der Waals surface area contributed by atoms with Crippen molar-refractivity contribution in [1.82, 2.24) is 19.9 Å². The molecule has 5 nitrogen and oxygen atoms in total. The molecule has 2 aromatic heterocycles. The predicted octanol–water partition coefficient (Wildman–Crippen LogP) is 6.24. The van der Waals surface area contributed by atoms with Gasteiger partial charge in [-0.1, -0.05) is 93.9 Å². The molecule has 0 aliphatic heterocycles. The normalized spacial score (nSPS) is 12.1. The van der Waals surface area contributed by atoms with Crippen LogP contribution < -0.4 is 5.32 Å². The van der Waals surface area contributed by atoms with E-state index in [9.17, 15) is 0 Å². The lowest BCUT2D eigenvalue weighted by Gasteiger charge is -2.14. The third-order valence-corrected chi connectivity index (χ3v) is 4.97. The van der Waals surface area contributed by atoms with E-state index in [4.69, 9.17) is 69.6 Å². The second kappa shape index (κ2) is 9.38. The third kappa shape index (κ3) is 6.45. The van der Waals surface area contributed by atoms with Crippen molar-refractivity contribution in [3.63, 3.8) is 0 Å². The molecule has 0 amide bonds. The van der Waals surface area contributed by atoms with Gasteiger partial charge in [0.25, 0.3) is 0 Å². The number of pyridine rings is 1. The molecule has 0 saturated carbocycles. The maximum Gasteiger partial charge on any atom is 0.250 e. The van der Waals surface area contributed by atoms with Crippen LogP contribution in [0.15, 0.2) is 48.8 Å². The van der Waals surface area contributed by atoms with Crippen LogP contribution in [-0.4, -0.2) is 26.5 Å². The number of anilines is 1. The van der Waals surface area contributed by atoms with Gasteiger partial charge in [-0.25, -0.2) is 4.98 Å². The molecule has 0 radical (unpaired) electrons. The van der Waals surface area contributed by atoms with Crippen molar-refractivity contribution in [3.8, 4) is 11.4 Å². The Labute approximate surface area is 197 Å². The highest BCUT2D eigenvalue weighted by Gasteiger charge is 2.29. The Morgan fingerprint density at radius 3 is 2.00 bits per heavy atom. The van der Waals surface area contributed by atoms with Gasteiger partial charge in [-0.3, -0.25) is 4.98 Å². The van der Waals surface area contributed by atoms with Crippen LogP contribution in [0.3, 0.4) is 0 Å². The van der Waals surface area contributed by atoms with Crippen molar-refractivity contribution < 1.29 is 0 Å². The van der Waals surface area contributed by atoms with E-state index in [0.717, 1.165) is 12.0 Å². The van der Waals surface area contributed by atoms with Gasteiger partial charge in [0, 0.05) is 30.1 Å². The molecule has 1 aromatic carbocycles. The molecular formula is C18H13Cl6N5. The Hall–Kier alpha value is -1.08. The van der Waals surface area contributed by atoms with Crippen molar-refractivity contribution in [3.05, 3.63) is 65.7 Å². The molecule has 0 spiro atoms. The predicted molar refractivity (Wildman–Crippen MR) is 120 cm³/mol. The van der Waals surface area contributed by atoms with Crippen LogP contribution in [-0.2, 0) is 14.0 Å². The third-order valence-electron chi connectivity index (χ3n) is 3.81. The number of alkyl halides is 6. The van der Waals surface area contributed by atoms with E-state index >= 15 is 0 Å². The molecule has 0 fully saturated rings. The number of nitrogens with one attached hydrogen (secondary N) is 1. The van der Waals surface area contributed by atoms with Gasteiger partial charge < -0.3 is 5.32 Å². The Bertz CT molecular complexity index is 955. The molecule has 0 saturated heterocycles. The highest BCUT2D eigenvalue weighted by Crippen LogP contribution is 2.39. The minimum absolute atomic E-state index is 0.00404. The first-order valence-corrected chi connectivity index (χ1v) is 10.5. The molecule has 29 heavy (non-hydrogen) atoms. The Balaban J connectivity index is 1.85. The maximum absolute atomic E-state index is 6.00. The van der Waals surface area contributed by atoms with Crippen molar-refractivity contribution >= 4 is 75.6 Å². The van der Waals surface area contributed by atoms with Gasteiger partial charge in [0.1, 0.15) is 0 Å². The summed E-state index contributed by atoms with van der Waals surface area (Å²) in [5.41, 5.74) is 2.28. The molecular weight excluding hydrogens is 499 g/mol. The van der Waals surface area contributed by atoms with Crippen molar-refractivity contribution in [2.75, 3.05) is 11.9 Å². The number of aromatic nitrogens is 4. The zero-order valence-corrected chi connectivity index (χ0v) is 19.1. The van der Waals surface area contributed by atoms with Gasteiger partial charge in [-0.15, -0.1) is 0 Å². The van der Waals surface area contributed by atoms with Gasteiger partial charge in [-0.05, 0) is 24.1 Å². The topological polar surface area (TPSA) is 63.6 Å². The van der Waals surface area contributed by atoms with E-state index in [2.05, 4.69) is 25.3 Å². The fourth-order valence-electron chi connectivity index (χ4n) is 2.39. The summed E-state index contributed by atoms with van der Waals surface area (Å²) < 4.78 is -3.34. The molecule has 11 heteroatoms. The Morgan fingerprint density at radius 1 is 0.759 bits per heavy atom. The number of halogens is 6. The van der Waals surface area contributed by atoms with Crippen molar-refractivity contribution in [2.24, 2.45) is 0 Å². The first-order valence-electron chi connectivity index (χ1n) is 8.26. The number of benzene rings is 1. The van der Waals surface area contributed by atoms with Crippen molar-refractivity contribution in [2.45, 2.75) is 14.0 Å².